The molecule has 1 saturated heterocycles. The number of carbonyl (C=O) groups is 1. The summed E-state index contributed by atoms with van der Waals surface area (Å²) in [6.07, 6.45) is 0.319. The number of imidazole rings is 1. The molecule has 1 aliphatic rings. The van der Waals surface area contributed by atoms with Crippen LogP contribution in [0.25, 0.3) is 5.65 Å². The number of aromatic nitrogens is 3. The van der Waals surface area contributed by atoms with Gasteiger partial charge in [0.15, 0.2) is 5.65 Å². The Labute approximate surface area is 152 Å². The van der Waals surface area contributed by atoms with E-state index in [9.17, 15) is 13.6 Å². The van der Waals surface area contributed by atoms with Gasteiger partial charge in [-0.25, -0.2) is 18.3 Å². The summed E-state index contributed by atoms with van der Waals surface area (Å²) in [7, 11) is 0. The summed E-state index contributed by atoms with van der Waals surface area (Å²) >= 11 is 0. The number of carbonyl (C=O) groups excluding carboxylic acids is 1. The Bertz CT molecular complexity index is 1090. The molecular weight excluding hydrogens is 354 g/mol. The van der Waals surface area contributed by atoms with Gasteiger partial charge in [0.25, 0.3) is 5.91 Å². The smallest absolute Gasteiger partial charge is 0.269 e. The molecule has 0 aliphatic carbocycles. The van der Waals surface area contributed by atoms with Crippen molar-refractivity contribution in [3.63, 3.8) is 0 Å². The minimum atomic E-state index is -1.14. The van der Waals surface area contributed by atoms with Gasteiger partial charge in [0.2, 0.25) is 0 Å². The number of halogens is 2. The first-order valence-electron chi connectivity index (χ1n) is 8.22. The maximum absolute atomic E-state index is 14.2. The molecule has 7 nitrogen and oxygen atoms in total. The summed E-state index contributed by atoms with van der Waals surface area (Å²) in [6.45, 7) is 0.0577. The van der Waals surface area contributed by atoms with Crippen molar-refractivity contribution >= 4 is 17.4 Å². The number of amides is 1. The maximum atomic E-state index is 14.2. The number of nitriles is 1. The minimum Gasteiger partial charge on any atom is -0.364 e. The molecule has 1 aliphatic heterocycles. The van der Waals surface area contributed by atoms with Crippen molar-refractivity contribution in [2.75, 3.05) is 11.4 Å². The van der Waals surface area contributed by atoms with Crippen LogP contribution in [0.5, 0.6) is 0 Å². The van der Waals surface area contributed by atoms with E-state index in [2.05, 4.69) is 10.1 Å². The minimum absolute atomic E-state index is 0.0577. The molecular formula is C18H14F2N6O. The normalized spacial score (nSPS) is 19.4. The third-order valence-electron chi connectivity index (χ3n) is 4.58. The molecule has 27 heavy (non-hydrogen) atoms. The van der Waals surface area contributed by atoms with Gasteiger partial charge < -0.3 is 10.6 Å². The molecule has 3 heterocycles. The molecule has 1 aromatic carbocycles. The van der Waals surface area contributed by atoms with Crippen LogP contribution in [0.2, 0.25) is 0 Å². The fraction of sp³-hybridized carbons (Fsp3) is 0.222. The Kier molecular flexibility index (Phi) is 3.96. The van der Waals surface area contributed by atoms with Gasteiger partial charge in [-0.15, -0.1) is 5.10 Å². The first kappa shape index (κ1) is 16.9. The van der Waals surface area contributed by atoms with Crippen LogP contribution in [0.1, 0.15) is 34.1 Å². The zero-order chi connectivity index (χ0) is 19.1. The second kappa shape index (κ2) is 6.32. The molecule has 0 bridgehead atoms. The SMILES string of the molecule is N#Cc1cc(F)cc(C2CC(F)CN2c2ccc3ncc(C(N)=O)n3n2)c1. The van der Waals surface area contributed by atoms with E-state index in [4.69, 9.17) is 11.0 Å². The number of benzene rings is 1. The molecule has 4 rings (SSSR count). The van der Waals surface area contributed by atoms with Crippen LogP contribution in [0.3, 0.4) is 0 Å². The Hall–Kier alpha value is -3.54. The lowest BCUT2D eigenvalue weighted by molar-refractivity contribution is 0.0993. The Morgan fingerprint density at radius 2 is 2.15 bits per heavy atom. The van der Waals surface area contributed by atoms with Crippen LogP contribution in [0.15, 0.2) is 36.5 Å². The molecule has 0 radical (unpaired) electrons. The quantitative estimate of drug-likeness (QED) is 0.763. The largest absolute Gasteiger partial charge is 0.364 e. The topological polar surface area (TPSA) is 100 Å². The lowest BCUT2D eigenvalue weighted by Crippen LogP contribution is -2.26. The van der Waals surface area contributed by atoms with E-state index in [-0.39, 0.29) is 24.2 Å². The standard InChI is InChI=1S/C18H14F2N6O/c19-12-4-10(7-21)3-11(5-12)14-6-13(20)9-25(14)17-2-1-16-23-8-15(18(22)27)26(16)24-17/h1-5,8,13-14H,6,9H2,(H2,22,27). The Morgan fingerprint density at radius 1 is 1.33 bits per heavy atom. The van der Waals surface area contributed by atoms with Gasteiger partial charge in [-0.1, -0.05) is 0 Å². The van der Waals surface area contributed by atoms with Crippen molar-refractivity contribution in [2.24, 2.45) is 5.73 Å². The predicted octanol–water partition coefficient (Wildman–Crippen LogP) is 2.13. The number of hydrogen-bond donors (Lipinski definition) is 1. The number of alkyl halides is 1. The predicted molar refractivity (Wildman–Crippen MR) is 92.2 cm³/mol. The summed E-state index contributed by atoms with van der Waals surface area (Å²) in [6, 6.07) is 8.68. The van der Waals surface area contributed by atoms with Crippen LogP contribution in [-0.2, 0) is 0 Å². The molecule has 0 spiro atoms. The van der Waals surface area contributed by atoms with Crippen molar-refractivity contribution < 1.29 is 13.6 Å². The number of anilines is 1. The maximum Gasteiger partial charge on any atom is 0.269 e. The number of rotatable bonds is 3. The van der Waals surface area contributed by atoms with Gasteiger partial charge in [-0.05, 0) is 35.9 Å². The number of hydrogen-bond acceptors (Lipinski definition) is 5. The van der Waals surface area contributed by atoms with Crippen molar-refractivity contribution in [1.82, 2.24) is 14.6 Å². The van der Waals surface area contributed by atoms with Gasteiger partial charge in [-0.3, -0.25) is 4.79 Å². The van der Waals surface area contributed by atoms with E-state index < -0.39 is 23.9 Å². The van der Waals surface area contributed by atoms with E-state index in [1.54, 1.807) is 23.1 Å². The summed E-state index contributed by atoms with van der Waals surface area (Å²) in [5.74, 6) is -0.839. The first-order valence-corrected chi connectivity index (χ1v) is 8.22. The van der Waals surface area contributed by atoms with E-state index in [0.717, 1.165) is 6.07 Å². The second-order valence-corrected chi connectivity index (χ2v) is 6.36. The molecule has 136 valence electrons. The van der Waals surface area contributed by atoms with Gasteiger partial charge >= 0.3 is 0 Å². The molecule has 2 N–H and O–H groups in total. The summed E-state index contributed by atoms with van der Waals surface area (Å²) in [4.78, 5) is 17.3. The van der Waals surface area contributed by atoms with Gasteiger partial charge in [0, 0.05) is 6.42 Å². The van der Waals surface area contributed by atoms with Crippen LogP contribution < -0.4 is 10.6 Å². The van der Waals surface area contributed by atoms with E-state index in [0.29, 0.717) is 17.0 Å². The van der Waals surface area contributed by atoms with E-state index >= 15 is 0 Å². The molecule has 1 fully saturated rings. The number of primary amides is 1. The molecule has 3 aromatic rings. The van der Waals surface area contributed by atoms with Crippen LogP contribution >= 0.6 is 0 Å². The molecule has 0 saturated carbocycles. The van der Waals surface area contributed by atoms with Gasteiger partial charge in [-0.2, -0.15) is 5.26 Å². The summed E-state index contributed by atoms with van der Waals surface area (Å²) in [5, 5.41) is 13.4. The van der Waals surface area contributed by atoms with Crippen LogP contribution in [0.4, 0.5) is 14.6 Å². The van der Waals surface area contributed by atoms with Crippen molar-refractivity contribution in [3.8, 4) is 6.07 Å². The Morgan fingerprint density at radius 3 is 2.89 bits per heavy atom. The molecule has 2 unspecified atom stereocenters. The zero-order valence-corrected chi connectivity index (χ0v) is 14.0. The highest BCUT2D eigenvalue weighted by atomic mass is 19.1. The van der Waals surface area contributed by atoms with Crippen molar-refractivity contribution in [1.29, 1.82) is 5.26 Å². The molecule has 2 atom stereocenters. The third-order valence-corrected chi connectivity index (χ3v) is 4.58. The first-order chi connectivity index (χ1) is 13.0. The average Bonchev–Trinajstić information content (AvgIpc) is 3.24. The monoisotopic (exact) mass is 368 g/mol. The fourth-order valence-corrected chi connectivity index (χ4v) is 3.41. The number of nitrogens with two attached hydrogens (primary N) is 1. The number of nitrogens with zero attached hydrogens (tertiary/aromatic N) is 5. The van der Waals surface area contributed by atoms with Gasteiger partial charge in [0.1, 0.15) is 23.5 Å². The van der Waals surface area contributed by atoms with E-state index in [1.807, 2.05) is 6.07 Å². The lowest BCUT2D eigenvalue weighted by atomic mass is 10.0. The third kappa shape index (κ3) is 2.95. The van der Waals surface area contributed by atoms with Crippen molar-refractivity contribution in [2.45, 2.75) is 18.6 Å². The second-order valence-electron chi connectivity index (χ2n) is 6.36. The molecule has 2 aromatic heterocycles. The molecule has 1 amide bonds. The van der Waals surface area contributed by atoms with E-state index in [1.165, 1.54) is 16.8 Å². The fourth-order valence-electron chi connectivity index (χ4n) is 3.41. The Balaban J connectivity index is 1.79. The summed E-state index contributed by atoms with van der Waals surface area (Å²) in [5.41, 5.74) is 6.53. The molecule has 9 heteroatoms. The zero-order valence-electron chi connectivity index (χ0n) is 14.0. The summed E-state index contributed by atoms with van der Waals surface area (Å²) < 4.78 is 29.4. The highest BCUT2D eigenvalue weighted by molar-refractivity contribution is 5.91. The lowest BCUT2D eigenvalue weighted by Gasteiger charge is -2.25. The van der Waals surface area contributed by atoms with Crippen molar-refractivity contribution in [3.05, 3.63) is 59.2 Å². The van der Waals surface area contributed by atoms with Gasteiger partial charge in [0.05, 0.1) is 30.4 Å². The van der Waals surface area contributed by atoms with Crippen LogP contribution in [0, 0.1) is 17.1 Å². The average molecular weight is 368 g/mol. The highest BCUT2D eigenvalue weighted by Gasteiger charge is 2.35. The van der Waals surface area contributed by atoms with Crippen LogP contribution in [-0.4, -0.2) is 33.2 Å². The number of fused-ring (bicyclic) bond motifs is 1. The highest BCUT2D eigenvalue weighted by Crippen LogP contribution is 2.37.